The van der Waals surface area contributed by atoms with Crippen LogP contribution in [0.5, 0.6) is 0 Å². The zero-order valence-electron chi connectivity index (χ0n) is 12.2. The summed E-state index contributed by atoms with van der Waals surface area (Å²) in [5.74, 6) is 2.26. The van der Waals surface area contributed by atoms with Gasteiger partial charge in [-0.1, -0.05) is 19.3 Å². The Balaban J connectivity index is 1.38. The van der Waals surface area contributed by atoms with Crippen LogP contribution < -0.4 is 0 Å². The van der Waals surface area contributed by atoms with E-state index in [-0.39, 0.29) is 6.10 Å². The van der Waals surface area contributed by atoms with Crippen LogP contribution in [0.25, 0.3) is 0 Å². The topological polar surface area (TPSA) is 38.0 Å². The summed E-state index contributed by atoms with van der Waals surface area (Å²) in [4.78, 5) is 0. The second-order valence-corrected chi connectivity index (χ2v) is 7.34. The molecule has 0 aliphatic heterocycles. The summed E-state index contributed by atoms with van der Waals surface area (Å²) in [6.45, 7) is 0. The lowest BCUT2D eigenvalue weighted by Gasteiger charge is -2.26. The van der Waals surface area contributed by atoms with Crippen molar-refractivity contribution >= 4 is 0 Å². The minimum atomic E-state index is -0.169. The Morgan fingerprint density at radius 3 is 2.75 bits per heavy atom. The molecule has 4 rings (SSSR count). The van der Waals surface area contributed by atoms with Crippen molar-refractivity contribution in [1.29, 1.82) is 0 Å². The fourth-order valence-corrected chi connectivity index (χ4v) is 4.99. The summed E-state index contributed by atoms with van der Waals surface area (Å²) in [6.07, 6.45) is 13.3. The van der Waals surface area contributed by atoms with E-state index in [0.717, 1.165) is 24.0 Å². The molecular formula is C17H26N2O. The van der Waals surface area contributed by atoms with Gasteiger partial charge < -0.3 is 5.11 Å². The highest BCUT2D eigenvalue weighted by Gasteiger charge is 2.42. The van der Waals surface area contributed by atoms with Crippen molar-refractivity contribution in [3.8, 4) is 0 Å². The third-order valence-corrected chi connectivity index (χ3v) is 6.07. The van der Waals surface area contributed by atoms with E-state index >= 15 is 0 Å². The molecule has 3 nitrogen and oxygen atoms in total. The molecule has 2 bridgehead atoms. The first-order valence-electron chi connectivity index (χ1n) is 8.51. The number of aromatic nitrogens is 2. The van der Waals surface area contributed by atoms with Gasteiger partial charge in [-0.3, -0.25) is 4.68 Å². The lowest BCUT2D eigenvalue weighted by atomic mass is 9.83. The summed E-state index contributed by atoms with van der Waals surface area (Å²) in [7, 11) is 0. The predicted molar refractivity (Wildman–Crippen MR) is 78.4 cm³/mol. The number of hydrogen-bond acceptors (Lipinski definition) is 2. The standard InChI is InChI=1S/C17H26N2O/c20-17(16-10-12-5-6-13(16)9-12)11-14-7-8-19(18-14)15-3-1-2-4-15/h7-8,12-13,15-17,20H,1-6,9-11H2. The van der Waals surface area contributed by atoms with Crippen molar-refractivity contribution in [2.24, 2.45) is 17.8 Å². The van der Waals surface area contributed by atoms with Crippen LogP contribution in [-0.4, -0.2) is 21.0 Å². The Bertz CT molecular complexity index is 463. The first-order valence-corrected chi connectivity index (χ1v) is 8.51. The first-order chi connectivity index (χ1) is 9.79. The van der Waals surface area contributed by atoms with Crippen molar-refractivity contribution in [3.63, 3.8) is 0 Å². The Kier molecular flexibility index (Phi) is 3.33. The number of aliphatic hydroxyl groups is 1. The van der Waals surface area contributed by atoms with Crippen LogP contribution in [-0.2, 0) is 6.42 Å². The predicted octanol–water partition coefficient (Wildman–Crippen LogP) is 3.34. The normalized spacial score (nSPS) is 35.0. The Morgan fingerprint density at radius 2 is 2.05 bits per heavy atom. The van der Waals surface area contributed by atoms with Crippen LogP contribution in [0.15, 0.2) is 12.3 Å². The summed E-state index contributed by atoms with van der Waals surface area (Å²) in [6, 6.07) is 2.73. The van der Waals surface area contributed by atoms with E-state index in [2.05, 4.69) is 16.9 Å². The molecule has 20 heavy (non-hydrogen) atoms. The maximum absolute atomic E-state index is 10.5. The van der Waals surface area contributed by atoms with Crippen LogP contribution in [0.4, 0.5) is 0 Å². The third-order valence-electron chi connectivity index (χ3n) is 6.07. The van der Waals surface area contributed by atoms with Gasteiger partial charge in [0.25, 0.3) is 0 Å². The first kappa shape index (κ1) is 12.9. The molecule has 3 aliphatic rings. The fraction of sp³-hybridized carbons (Fsp3) is 0.824. The molecule has 1 aromatic heterocycles. The van der Waals surface area contributed by atoms with E-state index in [1.54, 1.807) is 0 Å². The molecule has 1 aromatic rings. The molecule has 3 aliphatic carbocycles. The molecule has 3 heteroatoms. The Labute approximate surface area is 121 Å². The molecule has 4 unspecified atom stereocenters. The van der Waals surface area contributed by atoms with Crippen LogP contribution in [0.1, 0.15) is 63.1 Å². The van der Waals surface area contributed by atoms with Gasteiger partial charge in [0.15, 0.2) is 0 Å². The van der Waals surface area contributed by atoms with Gasteiger partial charge in [0.1, 0.15) is 0 Å². The second kappa shape index (κ2) is 5.18. The van der Waals surface area contributed by atoms with Gasteiger partial charge in [-0.2, -0.15) is 5.10 Å². The SMILES string of the molecule is OC(Cc1ccn(C2CCCC2)n1)C1CC2CCC1C2. The minimum Gasteiger partial charge on any atom is -0.392 e. The van der Waals surface area contributed by atoms with Crippen molar-refractivity contribution in [2.75, 3.05) is 0 Å². The largest absolute Gasteiger partial charge is 0.392 e. The van der Waals surface area contributed by atoms with Crippen molar-refractivity contribution in [3.05, 3.63) is 18.0 Å². The molecule has 3 saturated carbocycles. The highest BCUT2D eigenvalue weighted by Crippen LogP contribution is 2.49. The van der Waals surface area contributed by atoms with Crippen LogP contribution >= 0.6 is 0 Å². The van der Waals surface area contributed by atoms with E-state index in [4.69, 9.17) is 5.10 Å². The molecule has 1 N–H and O–H groups in total. The number of rotatable bonds is 4. The Morgan fingerprint density at radius 1 is 1.20 bits per heavy atom. The molecule has 0 amide bonds. The molecule has 0 spiro atoms. The van der Waals surface area contributed by atoms with Crippen molar-refractivity contribution < 1.29 is 5.11 Å². The van der Waals surface area contributed by atoms with Gasteiger partial charge in [0.2, 0.25) is 0 Å². The van der Waals surface area contributed by atoms with Gasteiger partial charge in [-0.25, -0.2) is 0 Å². The van der Waals surface area contributed by atoms with Gasteiger partial charge in [0.05, 0.1) is 17.8 Å². The van der Waals surface area contributed by atoms with Crippen LogP contribution in [0.3, 0.4) is 0 Å². The van der Waals surface area contributed by atoms with Crippen molar-refractivity contribution in [1.82, 2.24) is 9.78 Å². The van der Waals surface area contributed by atoms with E-state index in [1.165, 1.54) is 51.4 Å². The molecule has 4 atom stereocenters. The molecule has 3 fully saturated rings. The van der Waals surface area contributed by atoms with E-state index in [1.807, 2.05) is 0 Å². The summed E-state index contributed by atoms with van der Waals surface area (Å²) >= 11 is 0. The maximum Gasteiger partial charge on any atom is 0.0650 e. The zero-order valence-corrected chi connectivity index (χ0v) is 12.2. The summed E-state index contributed by atoms with van der Waals surface area (Å²) in [5, 5.41) is 15.3. The average Bonchev–Trinajstić information content (AvgIpc) is 3.22. The third kappa shape index (κ3) is 2.30. The van der Waals surface area contributed by atoms with Gasteiger partial charge in [-0.05, 0) is 55.9 Å². The lowest BCUT2D eigenvalue weighted by molar-refractivity contribution is 0.0741. The van der Waals surface area contributed by atoms with Gasteiger partial charge in [0, 0.05) is 12.6 Å². The minimum absolute atomic E-state index is 0.169. The monoisotopic (exact) mass is 274 g/mol. The second-order valence-electron chi connectivity index (χ2n) is 7.34. The number of fused-ring (bicyclic) bond motifs is 2. The molecule has 1 heterocycles. The zero-order chi connectivity index (χ0) is 13.5. The maximum atomic E-state index is 10.5. The van der Waals surface area contributed by atoms with Crippen LogP contribution in [0, 0.1) is 17.8 Å². The van der Waals surface area contributed by atoms with Gasteiger partial charge >= 0.3 is 0 Å². The molecule has 0 aromatic carbocycles. The smallest absolute Gasteiger partial charge is 0.0650 e. The van der Waals surface area contributed by atoms with Gasteiger partial charge in [-0.15, -0.1) is 0 Å². The molecule has 0 radical (unpaired) electrons. The number of hydrogen-bond donors (Lipinski definition) is 1. The van der Waals surface area contributed by atoms with Crippen LogP contribution in [0.2, 0.25) is 0 Å². The van der Waals surface area contributed by atoms with E-state index in [9.17, 15) is 5.11 Å². The highest BCUT2D eigenvalue weighted by atomic mass is 16.3. The Hall–Kier alpha value is -0.830. The average molecular weight is 274 g/mol. The molecule has 0 saturated heterocycles. The summed E-state index contributed by atoms with van der Waals surface area (Å²) in [5.41, 5.74) is 1.09. The number of aliphatic hydroxyl groups excluding tert-OH is 1. The molecule has 110 valence electrons. The highest BCUT2D eigenvalue weighted by molar-refractivity contribution is 5.04. The van der Waals surface area contributed by atoms with E-state index in [0.29, 0.717) is 12.0 Å². The number of nitrogens with zero attached hydrogens (tertiary/aromatic N) is 2. The summed E-state index contributed by atoms with van der Waals surface area (Å²) < 4.78 is 2.15. The van der Waals surface area contributed by atoms with E-state index < -0.39 is 0 Å². The van der Waals surface area contributed by atoms with Crippen molar-refractivity contribution in [2.45, 2.75) is 69.9 Å². The fourth-order valence-electron chi connectivity index (χ4n) is 4.99. The lowest BCUT2D eigenvalue weighted by Crippen LogP contribution is -2.27. The molecular weight excluding hydrogens is 248 g/mol. The quantitative estimate of drug-likeness (QED) is 0.914.